The second kappa shape index (κ2) is 6.43. The summed E-state index contributed by atoms with van der Waals surface area (Å²) in [5, 5.41) is 12.4. The molecule has 5 heteroatoms. The van der Waals surface area contributed by atoms with Crippen molar-refractivity contribution in [1.29, 1.82) is 0 Å². The maximum absolute atomic E-state index is 11.6. The summed E-state index contributed by atoms with van der Waals surface area (Å²) >= 11 is 0. The van der Waals surface area contributed by atoms with Crippen LogP contribution in [0.3, 0.4) is 0 Å². The van der Waals surface area contributed by atoms with Crippen LogP contribution in [0.4, 0.5) is 10.5 Å². The molecule has 0 radical (unpaired) electrons. The van der Waals surface area contributed by atoms with E-state index in [1.807, 2.05) is 19.1 Å². The number of carbonyl (C=O) groups excluding carboxylic acids is 1. The summed E-state index contributed by atoms with van der Waals surface area (Å²) in [5.74, 6) is -0.0253. The van der Waals surface area contributed by atoms with Gasteiger partial charge in [0.15, 0.2) is 0 Å². The molecule has 0 spiro atoms. The lowest BCUT2D eigenvalue weighted by Crippen LogP contribution is -2.27. The molecule has 0 aromatic heterocycles. The van der Waals surface area contributed by atoms with Gasteiger partial charge in [-0.15, -0.1) is 0 Å². The molecule has 0 saturated heterocycles. The van der Waals surface area contributed by atoms with E-state index in [2.05, 4.69) is 5.32 Å². The third-order valence-electron chi connectivity index (χ3n) is 2.25. The molecule has 0 bridgehead atoms. The summed E-state index contributed by atoms with van der Waals surface area (Å²) < 4.78 is 5.11. The van der Waals surface area contributed by atoms with E-state index in [0.29, 0.717) is 5.69 Å². The zero-order valence-corrected chi connectivity index (χ0v) is 12.3. The monoisotopic (exact) mass is 278 g/mol. The number of rotatable bonds is 3. The van der Waals surface area contributed by atoms with E-state index in [-0.39, 0.29) is 11.8 Å². The van der Waals surface area contributed by atoms with Gasteiger partial charge in [0.1, 0.15) is 11.4 Å². The third kappa shape index (κ3) is 5.75. The van der Waals surface area contributed by atoms with Gasteiger partial charge in [-0.1, -0.05) is 18.2 Å². The highest BCUT2D eigenvalue weighted by molar-refractivity contribution is 5.87. The number of anilines is 1. The van der Waals surface area contributed by atoms with Crippen LogP contribution >= 0.6 is 0 Å². The average molecular weight is 278 g/mol. The molecule has 0 heterocycles. The Hall–Kier alpha value is -2.01. The number of hydrogen-bond acceptors (Lipinski definition) is 4. The van der Waals surface area contributed by atoms with Crippen LogP contribution in [0.15, 0.2) is 24.3 Å². The van der Waals surface area contributed by atoms with Gasteiger partial charge in [0, 0.05) is 6.04 Å². The van der Waals surface area contributed by atoms with Gasteiger partial charge in [0.2, 0.25) is 0 Å². The van der Waals surface area contributed by atoms with Crippen LogP contribution in [0.25, 0.3) is 6.08 Å². The Balaban J connectivity index is 2.76. The van der Waals surface area contributed by atoms with Gasteiger partial charge in [0.05, 0.1) is 5.69 Å². The molecule has 0 aliphatic rings. The van der Waals surface area contributed by atoms with E-state index < -0.39 is 11.7 Å². The number of ether oxygens (including phenoxy) is 1. The van der Waals surface area contributed by atoms with Crippen molar-refractivity contribution in [3.05, 3.63) is 29.8 Å². The molecular weight excluding hydrogens is 256 g/mol. The second-order valence-electron chi connectivity index (χ2n) is 5.62. The molecule has 1 aromatic carbocycles. The lowest BCUT2D eigenvalue weighted by atomic mass is 10.1. The number of hydrogen-bond donors (Lipinski definition) is 3. The maximum Gasteiger partial charge on any atom is 0.412 e. The van der Waals surface area contributed by atoms with Gasteiger partial charge in [0.25, 0.3) is 0 Å². The highest BCUT2D eigenvalue weighted by atomic mass is 16.6. The van der Waals surface area contributed by atoms with Gasteiger partial charge in [-0.3, -0.25) is 5.32 Å². The van der Waals surface area contributed by atoms with Crippen molar-refractivity contribution >= 4 is 17.9 Å². The number of phenols is 1. The minimum atomic E-state index is -0.605. The first-order valence-electron chi connectivity index (χ1n) is 6.44. The van der Waals surface area contributed by atoms with Crippen LogP contribution in [-0.2, 0) is 4.74 Å². The number of nitrogens with two attached hydrogens (primary N) is 1. The minimum absolute atomic E-state index is 0.0253. The average Bonchev–Trinajstić information content (AvgIpc) is 2.27. The summed E-state index contributed by atoms with van der Waals surface area (Å²) in [6, 6.07) is 4.87. The number of nitrogens with one attached hydrogen (secondary N) is 1. The largest absolute Gasteiger partial charge is 0.506 e. The summed E-state index contributed by atoms with van der Waals surface area (Å²) in [6.07, 6.45) is 3.02. The molecule has 1 aromatic rings. The smallest absolute Gasteiger partial charge is 0.412 e. The zero-order valence-electron chi connectivity index (χ0n) is 12.3. The van der Waals surface area contributed by atoms with Crippen LogP contribution < -0.4 is 11.1 Å². The maximum atomic E-state index is 11.6. The normalized spacial score (nSPS) is 13.2. The SMILES string of the molecule is CC(N)/C=C/c1ccc(NC(=O)OC(C)(C)C)c(O)c1. The van der Waals surface area contributed by atoms with E-state index in [0.717, 1.165) is 5.56 Å². The second-order valence-corrected chi connectivity index (χ2v) is 5.62. The van der Waals surface area contributed by atoms with E-state index in [4.69, 9.17) is 10.5 Å². The van der Waals surface area contributed by atoms with Crippen molar-refractivity contribution in [3.63, 3.8) is 0 Å². The lowest BCUT2D eigenvalue weighted by molar-refractivity contribution is 0.0635. The van der Waals surface area contributed by atoms with Gasteiger partial charge in [-0.25, -0.2) is 4.79 Å². The molecule has 0 fully saturated rings. The quantitative estimate of drug-likeness (QED) is 0.742. The molecule has 0 aliphatic heterocycles. The van der Waals surface area contributed by atoms with Crippen molar-refractivity contribution in [2.45, 2.75) is 39.3 Å². The van der Waals surface area contributed by atoms with Crippen molar-refractivity contribution in [2.24, 2.45) is 5.73 Å². The van der Waals surface area contributed by atoms with Crippen LogP contribution in [0.5, 0.6) is 5.75 Å². The summed E-state index contributed by atoms with van der Waals surface area (Å²) in [6.45, 7) is 7.17. The molecule has 4 N–H and O–H groups in total. The Morgan fingerprint density at radius 2 is 2.10 bits per heavy atom. The Bertz CT molecular complexity index is 502. The first-order valence-corrected chi connectivity index (χ1v) is 6.44. The van der Waals surface area contributed by atoms with Gasteiger partial charge in [-0.05, 0) is 45.4 Å². The molecule has 1 amide bonds. The third-order valence-corrected chi connectivity index (χ3v) is 2.25. The van der Waals surface area contributed by atoms with E-state index in [1.165, 1.54) is 0 Å². The number of benzene rings is 1. The van der Waals surface area contributed by atoms with E-state index in [1.54, 1.807) is 39.0 Å². The summed E-state index contributed by atoms with van der Waals surface area (Å²) in [5.41, 5.74) is 6.13. The standard InChI is InChI=1S/C15H22N2O3/c1-10(16)5-6-11-7-8-12(13(18)9-11)17-14(19)20-15(2,3)4/h5-10,18H,16H2,1-4H3,(H,17,19)/b6-5+. The molecule has 1 rings (SSSR count). The molecule has 5 nitrogen and oxygen atoms in total. The molecule has 1 unspecified atom stereocenters. The highest BCUT2D eigenvalue weighted by Gasteiger charge is 2.17. The fourth-order valence-corrected chi connectivity index (χ4v) is 1.43. The minimum Gasteiger partial charge on any atom is -0.506 e. The van der Waals surface area contributed by atoms with Crippen molar-refractivity contribution in [3.8, 4) is 5.75 Å². The Morgan fingerprint density at radius 1 is 1.45 bits per heavy atom. The first kappa shape index (κ1) is 16.0. The summed E-state index contributed by atoms with van der Waals surface area (Å²) in [4.78, 5) is 11.6. The first-order chi connectivity index (χ1) is 9.17. The number of amides is 1. The molecule has 1 atom stereocenters. The molecule has 110 valence electrons. The van der Waals surface area contributed by atoms with E-state index >= 15 is 0 Å². The number of carbonyl (C=O) groups is 1. The van der Waals surface area contributed by atoms with Gasteiger partial charge in [-0.2, -0.15) is 0 Å². The Labute approximate surface area is 119 Å². The predicted octanol–water partition coefficient (Wildman–Crippen LogP) is 3.10. The fraction of sp³-hybridized carbons (Fsp3) is 0.400. The van der Waals surface area contributed by atoms with Crippen molar-refractivity contribution in [2.75, 3.05) is 5.32 Å². The van der Waals surface area contributed by atoms with Crippen LogP contribution in [0.2, 0.25) is 0 Å². The number of aromatic hydroxyl groups is 1. The Kier molecular flexibility index (Phi) is 5.16. The highest BCUT2D eigenvalue weighted by Crippen LogP contribution is 2.25. The summed E-state index contributed by atoms with van der Waals surface area (Å²) in [7, 11) is 0. The van der Waals surface area contributed by atoms with Crippen molar-refractivity contribution < 1.29 is 14.6 Å². The van der Waals surface area contributed by atoms with Crippen LogP contribution in [-0.4, -0.2) is 22.8 Å². The molecule has 0 aliphatic carbocycles. The predicted molar refractivity (Wildman–Crippen MR) is 80.6 cm³/mol. The van der Waals surface area contributed by atoms with Gasteiger partial charge < -0.3 is 15.6 Å². The van der Waals surface area contributed by atoms with Crippen LogP contribution in [0, 0.1) is 0 Å². The molecule has 20 heavy (non-hydrogen) atoms. The van der Waals surface area contributed by atoms with Crippen LogP contribution in [0.1, 0.15) is 33.3 Å². The molecule has 0 saturated carbocycles. The van der Waals surface area contributed by atoms with Crippen molar-refractivity contribution in [1.82, 2.24) is 0 Å². The lowest BCUT2D eigenvalue weighted by Gasteiger charge is -2.20. The van der Waals surface area contributed by atoms with E-state index in [9.17, 15) is 9.90 Å². The zero-order chi connectivity index (χ0) is 15.3. The van der Waals surface area contributed by atoms with Gasteiger partial charge >= 0.3 is 6.09 Å². The topological polar surface area (TPSA) is 84.6 Å². The Morgan fingerprint density at radius 3 is 2.60 bits per heavy atom. The number of phenolic OH excluding ortho intramolecular Hbond substituents is 1. The fourth-order valence-electron chi connectivity index (χ4n) is 1.43. The molecular formula is C15H22N2O3.